The lowest BCUT2D eigenvalue weighted by atomic mass is 9.89. The van der Waals surface area contributed by atoms with E-state index in [1.54, 1.807) is 11.3 Å². The molecule has 1 aromatic rings. The maximum atomic E-state index is 12.7. The van der Waals surface area contributed by atoms with E-state index in [-0.39, 0.29) is 11.6 Å². The molecule has 1 aliphatic heterocycles. The lowest BCUT2D eigenvalue weighted by molar-refractivity contribution is -0.0548. The SMILES string of the molecule is CCOC(=O)c1c(NC(=S)NC2CCCCC2)sc2c1CC(C)(CC)OC2. The van der Waals surface area contributed by atoms with Crippen LogP contribution in [0.3, 0.4) is 0 Å². The number of fused-ring (bicyclic) bond motifs is 1. The average molecular weight is 411 g/mol. The van der Waals surface area contributed by atoms with E-state index < -0.39 is 0 Å². The van der Waals surface area contributed by atoms with E-state index in [0.717, 1.165) is 34.7 Å². The van der Waals surface area contributed by atoms with Crippen LogP contribution in [0.4, 0.5) is 5.00 Å². The second kappa shape index (κ2) is 8.88. The number of carbonyl (C=O) groups excluding carboxylic acids is 1. The van der Waals surface area contributed by atoms with E-state index in [4.69, 9.17) is 21.7 Å². The van der Waals surface area contributed by atoms with Gasteiger partial charge in [0.1, 0.15) is 5.00 Å². The van der Waals surface area contributed by atoms with E-state index in [1.165, 1.54) is 19.3 Å². The third-order valence-electron chi connectivity index (χ3n) is 5.59. The van der Waals surface area contributed by atoms with Crippen molar-refractivity contribution in [1.29, 1.82) is 0 Å². The van der Waals surface area contributed by atoms with Crippen LogP contribution in [-0.4, -0.2) is 29.3 Å². The highest BCUT2D eigenvalue weighted by atomic mass is 32.1. The minimum Gasteiger partial charge on any atom is -0.462 e. The van der Waals surface area contributed by atoms with Crippen molar-refractivity contribution in [3.05, 3.63) is 16.0 Å². The quantitative estimate of drug-likeness (QED) is 0.538. The van der Waals surface area contributed by atoms with Crippen molar-refractivity contribution < 1.29 is 14.3 Å². The molecule has 1 fully saturated rings. The number of hydrogen-bond acceptors (Lipinski definition) is 5. The van der Waals surface area contributed by atoms with Crippen LogP contribution in [0.2, 0.25) is 0 Å². The first-order valence-electron chi connectivity index (χ1n) is 9.99. The average Bonchev–Trinajstić information content (AvgIpc) is 2.99. The molecule has 0 radical (unpaired) electrons. The number of rotatable bonds is 5. The molecule has 0 bridgehead atoms. The van der Waals surface area contributed by atoms with Crippen molar-refractivity contribution in [2.24, 2.45) is 0 Å². The van der Waals surface area contributed by atoms with Crippen LogP contribution in [0.25, 0.3) is 0 Å². The van der Waals surface area contributed by atoms with Crippen LogP contribution in [-0.2, 0) is 22.5 Å². The fourth-order valence-corrected chi connectivity index (χ4v) is 5.24. The van der Waals surface area contributed by atoms with Gasteiger partial charge in [-0.3, -0.25) is 0 Å². The number of ether oxygens (including phenoxy) is 2. The van der Waals surface area contributed by atoms with E-state index >= 15 is 0 Å². The van der Waals surface area contributed by atoms with Gasteiger partial charge in [0.25, 0.3) is 0 Å². The summed E-state index contributed by atoms with van der Waals surface area (Å²) in [5.74, 6) is -0.279. The van der Waals surface area contributed by atoms with Crippen molar-refractivity contribution in [2.45, 2.75) is 84.0 Å². The molecular weight excluding hydrogens is 380 g/mol. The van der Waals surface area contributed by atoms with E-state index in [2.05, 4.69) is 24.5 Å². The highest BCUT2D eigenvalue weighted by Crippen LogP contribution is 2.41. The molecule has 2 N–H and O–H groups in total. The van der Waals surface area contributed by atoms with Crippen molar-refractivity contribution in [1.82, 2.24) is 5.32 Å². The molecule has 3 rings (SSSR count). The fraction of sp³-hybridized carbons (Fsp3) is 0.700. The minimum absolute atomic E-state index is 0.243. The molecule has 0 aromatic carbocycles. The molecule has 0 saturated heterocycles. The summed E-state index contributed by atoms with van der Waals surface area (Å²) < 4.78 is 11.4. The largest absolute Gasteiger partial charge is 0.462 e. The Hall–Kier alpha value is -1.18. The van der Waals surface area contributed by atoms with Crippen molar-refractivity contribution >= 4 is 39.6 Å². The maximum absolute atomic E-state index is 12.7. The first-order valence-corrected chi connectivity index (χ1v) is 11.2. The molecule has 5 nitrogen and oxygen atoms in total. The Kier molecular flexibility index (Phi) is 6.76. The number of thiocarbonyl (C=S) groups is 1. The summed E-state index contributed by atoms with van der Waals surface area (Å²) in [6, 6.07) is 0.422. The highest BCUT2D eigenvalue weighted by Gasteiger charge is 2.36. The van der Waals surface area contributed by atoms with Gasteiger partial charge in [0.05, 0.1) is 24.4 Å². The van der Waals surface area contributed by atoms with Gasteiger partial charge < -0.3 is 20.1 Å². The standard InChI is InChI=1S/C20H30N2O3S2/c1-4-20(3)11-14-15(12-25-20)27-17(16(14)18(23)24-5-2)22-19(26)21-13-9-7-6-8-10-13/h13H,4-12H2,1-3H3,(H2,21,22,26). The Morgan fingerprint density at radius 2 is 2.07 bits per heavy atom. The van der Waals surface area contributed by atoms with Crippen molar-refractivity contribution in [3.8, 4) is 0 Å². The summed E-state index contributed by atoms with van der Waals surface area (Å²) in [4.78, 5) is 13.8. The Morgan fingerprint density at radius 3 is 2.74 bits per heavy atom. The second-order valence-corrected chi connectivity index (χ2v) is 9.14. The molecule has 1 atom stereocenters. The van der Waals surface area contributed by atoms with Gasteiger partial charge in [-0.15, -0.1) is 11.3 Å². The van der Waals surface area contributed by atoms with Crippen LogP contribution in [0.15, 0.2) is 0 Å². The van der Waals surface area contributed by atoms with Gasteiger partial charge in [0.15, 0.2) is 5.11 Å². The van der Waals surface area contributed by atoms with Gasteiger partial charge in [0, 0.05) is 17.3 Å². The number of anilines is 1. The van der Waals surface area contributed by atoms with E-state index in [9.17, 15) is 4.79 Å². The third kappa shape index (κ3) is 4.81. The molecule has 27 heavy (non-hydrogen) atoms. The first-order chi connectivity index (χ1) is 13.0. The predicted octanol–water partition coefficient (Wildman–Crippen LogP) is 4.79. The topological polar surface area (TPSA) is 59.6 Å². The highest BCUT2D eigenvalue weighted by molar-refractivity contribution is 7.80. The van der Waals surface area contributed by atoms with Crippen LogP contribution in [0.5, 0.6) is 0 Å². The van der Waals surface area contributed by atoms with Crippen LogP contribution < -0.4 is 10.6 Å². The molecular formula is C20H30N2O3S2. The smallest absolute Gasteiger partial charge is 0.341 e. The van der Waals surface area contributed by atoms with Gasteiger partial charge in [0.2, 0.25) is 0 Å². The zero-order chi connectivity index (χ0) is 19.4. The molecule has 1 saturated carbocycles. The summed E-state index contributed by atoms with van der Waals surface area (Å²) in [5, 5.41) is 8.06. The molecule has 1 unspecified atom stereocenters. The Labute approximate surface area is 171 Å². The summed E-state index contributed by atoms with van der Waals surface area (Å²) in [6.45, 7) is 6.93. The van der Waals surface area contributed by atoms with E-state index in [0.29, 0.717) is 36.4 Å². The molecule has 1 aliphatic carbocycles. The zero-order valence-corrected chi connectivity index (χ0v) is 18.1. The van der Waals surface area contributed by atoms with Gasteiger partial charge in [-0.2, -0.15) is 0 Å². The lowest BCUT2D eigenvalue weighted by Crippen LogP contribution is -2.39. The molecule has 1 aromatic heterocycles. The Morgan fingerprint density at radius 1 is 1.33 bits per heavy atom. The molecule has 7 heteroatoms. The van der Waals surface area contributed by atoms with Gasteiger partial charge in [-0.05, 0) is 50.9 Å². The first kappa shape index (κ1) is 20.6. The predicted molar refractivity (Wildman–Crippen MR) is 114 cm³/mol. The summed E-state index contributed by atoms with van der Waals surface area (Å²) in [7, 11) is 0. The maximum Gasteiger partial charge on any atom is 0.341 e. The van der Waals surface area contributed by atoms with Gasteiger partial charge in [-0.1, -0.05) is 26.2 Å². The second-order valence-electron chi connectivity index (χ2n) is 7.63. The summed E-state index contributed by atoms with van der Waals surface area (Å²) in [5.41, 5.74) is 1.44. The lowest BCUT2D eigenvalue weighted by Gasteiger charge is -2.33. The van der Waals surface area contributed by atoms with Gasteiger partial charge >= 0.3 is 5.97 Å². The van der Waals surface area contributed by atoms with E-state index in [1.807, 2.05) is 6.92 Å². The van der Waals surface area contributed by atoms with Crippen molar-refractivity contribution in [2.75, 3.05) is 11.9 Å². The van der Waals surface area contributed by atoms with Crippen LogP contribution in [0, 0.1) is 0 Å². The molecule has 0 amide bonds. The zero-order valence-electron chi connectivity index (χ0n) is 16.5. The summed E-state index contributed by atoms with van der Waals surface area (Å²) in [6.07, 6.45) is 7.71. The normalized spacial score (nSPS) is 22.8. The number of nitrogens with one attached hydrogen (secondary N) is 2. The van der Waals surface area contributed by atoms with Gasteiger partial charge in [-0.25, -0.2) is 4.79 Å². The number of carbonyl (C=O) groups is 1. The third-order valence-corrected chi connectivity index (χ3v) is 6.93. The molecule has 2 aliphatic rings. The van der Waals surface area contributed by atoms with Crippen LogP contribution in [0.1, 0.15) is 80.1 Å². The summed E-state index contributed by atoms with van der Waals surface area (Å²) >= 11 is 7.09. The molecule has 2 heterocycles. The Bertz CT molecular complexity index is 698. The monoisotopic (exact) mass is 410 g/mol. The fourth-order valence-electron chi connectivity index (χ4n) is 3.79. The number of esters is 1. The molecule has 150 valence electrons. The van der Waals surface area contributed by atoms with Crippen LogP contribution >= 0.6 is 23.6 Å². The minimum atomic E-state index is -0.279. The molecule has 0 spiro atoms. The Balaban J connectivity index is 1.81. The number of thiophene rings is 1. The number of hydrogen-bond donors (Lipinski definition) is 2. The van der Waals surface area contributed by atoms with Crippen molar-refractivity contribution in [3.63, 3.8) is 0 Å².